The molecule has 2 heteroatoms. The summed E-state index contributed by atoms with van der Waals surface area (Å²) in [7, 11) is 0. The molecule has 0 unspecified atom stereocenters. The molecule has 6 aliphatic carbocycles. The van der Waals surface area contributed by atoms with Crippen LogP contribution in [0.15, 0.2) is 0 Å². The molecule has 0 N–H and O–H groups in total. The maximum Gasteiger partial charge on any atom is 0.141 e. The molecule has 0 spiro atoms. The number of rotatable bonds is 0. The Bertz CT molecular complexity index is 365. The van der Waals surface area contributed by atoms with Crippen molar-refractivity contribution in [2.24, 2.45) is 41.4 Å². The van der Waals surface area contributed by atoms with Gasteiger partial charge in [-0.3, -0.25) is 4.79 Å². The minimum absolute atomic E-state index is 0.307. The molecule has 0 heterocycles. The standard InChI is InChI=1S/C11H11BrO/c12-11-2-5-3-1-4-6(5)9(11)10(13)7(4)8(3)11/h3-9H,1-2H2/t3-,4+,5+,6+,7-,8+,9-,11+/m1/s1. The monoisotopic (exact) mass is 238 g/mol. The Morgan fingerprint density at radius 1 is 1.31 bits per heavy atom. The number of ketones is 1. The van der Waals surface area contributed by atoms with E-state index in [1.165, 1.54) is 12.8 Å². The zero-order chi connectivity index (χ0) is 8.53. The van der Waals surface area contributed by atoms with Gasteiger partial charge in [-0.25, -0.2) is 0 Å². The maximum absolute atomic E-state index is 12.1. The normalized spacial score (nSPS) is 79.8. The SMILES string of the molecule is O=C1[C@@H]2[C@H]3C[C@@H]4[C@@H]5C[C@](Br)([C@@H]42)[C@@H]1[C@@H]35. The quantitative estimate of drug-likeness (QED) is 0.589. The van der Waals surface area contributed by atoms with Gasteiger partial charge in [0.25, 0.3) is 0 Å². The third kappa shape index (κ3) is 0.383. The minimum atomic E-state index is 0.307. The minimum Gasteiger partial charge on any atom is -0.299 e. The van der Waals surface area contributed by atoms with Gasteiger partial charge in [0.15, 0.2) is 0 Å². The lowest BCUT2D eigenvalue weighted by Crippen LogP contribution is -2.39. The van der Waals surface area contributed by atoms with Crippen molar-refractivity contribution in [2.75, 3.05) is 0 Å². The summed E-state index contributed by atoms with van der Waals surface area (Å²) in [6.45, 7) is 0. The van der Waals surface area contributed by atoms with E-state index < -0.39 is 0 Å². The fourth-order valence-corrected chi connectivity index (χ4v) is 7.72. The molecule has 8 atom stereocenters. The first-order valence-corrected chi connectivity index (χ1v) is 6.25. The maximum atomic E-state index is 12.1. The van der Waals surface area contributed by atoms with Gasteiger partial charge >= 0.3 is 0 Å². The molecule has 0 aromatic rings. The van der Waals surface area contributed by atoms with Crippen molar-refractivity contribution in [3.63, 3.8) is 0 Å². The lowest BCUT2D eigenvalue weighted by Gasteiger charge is -2.37. The van der Waals surface area contributed by atoms with Gasteiger partial charge in [0.2, 0.25) is 0 Å². The molecule has 6 rings (SSSR count). The van der Waals surface area contributed by atoms with Crippen LogP contribution in [0.4, 0.5) is 0 Å². The summed E-state index contributed by atoms with van der Waals surface area (Å²) in [5.41, 5.74) is 0. The Kier molecular flexibility index (Phi) is 0.742. The van der Waals surface area contributed by atoms with Crippen molar-refractivity contribution in [1.29, 1.82) is 0 Å². The second-order valence-corrected chi connectivity index (χ2v) is 7.34. The molecule has 0 aromatic heterocycles. The number of Topliss-reactive ketones (excluding diaryl/α,β-unsaturated/α-hetero) is 1. The van der Waals surface area contributed by atoms with Crippen molar-refractivity contribution in [3.8, 4) is 0 Å². The summed E-state index contributed by atoms with van der Waals surface area (Å²) in [5, 5.41) is 0. The van der Waals surface area contributed by atoms with Crippen LogP contribution < -0.4 is 0 Å². The van der Waals surface area contributed by atoms with E-state index >= 15 is 0 Å². The summed E-state index contributed by atoms with van der Waals surface area (Å²) in [4.78, 5) is 12.1. The van der Waals surface area contributed by atoms with Crippen molar-refractivity contribution in [3.05, 3.63) is 0 Å². The van der Waals surface area contributed by atoms with E-state index in [-0.39, 0.29) is 0 Å². The van der Waals surface area contributed by atoms with E-state index in [0.29, 0.717) is 21.9 Å². The van der Waals surface area contributed by atoms with Gasteiger partial charge in [-0.2, -0.15) is 0 Å². The predicted octanol–water partition coefficient (Wildman–Crippen LogP) is 1.85. The molecule has 6 fully saturated rings. The van der Waals surface area contributed by atoms with Crippen LogP contribution in [0, 0.1) is 41.4 Å². The summed E-state index contributed by atoms with van der Waals surface area (Å²) in [5.74, 6) is 5.94. The summed E-state index contributed by atoms with van der Waals surface area (Å²) < 4.78 is 0.307. The Morgan fingerprint density at radius 3 is 2.92 bits per heavy atom. The lowest BCUT2D eigenvalue weighted by atomic mass is 9.71. The highest BCUT2D eigenvalue weighted by molar-refractivity contribution is 9.10. The van der Waals surface area contributed by atoms with Gasteiger partial charge in [0.1, 0.15) is 5.78 Å². The Labute approximate surface area is 85.4 Å². The van der Waals surface area contributed by atoms with E-state index in [4.69, 9.17) is 0 Å². The number of hydrogen-bond acceptors (Lipinski definition) is 1. The van der Waals surface area contributed by atoms with Crippen LogP contribution in [0.2, 0.25) is 0 Å². The molecule has 1 nitrogen and oxygen atoms in total. The van der Waals surface area contributed by atoms with E-state index in [1.807, 2.05) is 0 Å². The van der Waals surface area contributed by atoms with Crippen LogP contribution in [0.5, 0.6) is 0 Å². The molecular formula is C11H11BrO. The Morgan fingerprint density at radius 2 is 2.15 bits per heavy atom. The van der Waals surface area contributed by atoms with Crippen LogP contribution in [0.25, 0.3) is 0 Å². The average molecular weight is 239 g/mol. The van der Waals surface area contributed by atoms with Crippen LogP contribution in [-0.2, 0) is 4.79 Å². The molecule has 6 bridgehead atoms. The number of halogens is 1. The Balaban J connectivity index is 1.94. The average Bonchev–Trinajstić information content (AvgIpc) is 2.70. The van der Waals surface area contributed by atoms with Crippen LogP contribution in [-0.4, -0.2) is 10.1 Å². The van der Waals surface area contributed by atoms with Gasteiger partial charge in [0, 0.05) is 16.2 Å². The highest BCUT2D eigenvalue weighted by Gasteiger charge is 2.85. The van der Waals surface area contributed by atoms with E-state index in [1.54, 1.807) is 0 Å². The third-order valence-corrected chi connectivity index (χ3v) is 7.38. The summed E-state index contributed by atoms with van der Waals surface area (Å²) >= 11 is 3.94. The highest BCUT2D eigenvalue weighted by atomic mass is 79.9. The second kappa shape index (κ2) is 1.46. The molecule has 6 saturated carbocycles. The van der Waals surface area contributed by atoms with E-state index in [0.717, 1.165) is 29.6 Å². The van der Waals surface area contributed by atoms with Gasteiger partial charge in [-0.15, -0.1) is 0 Å². The van der Waals surface area contributed by atoms with Crippen molar-refractivity contribution in [2.45, 2.75) is 17.2 Å². The number of hydrogen-bond donors (Lipinski definition) is 0. The molecule has 0 aromatic carbocycles. The third-order valence-electron chi connectivity index (χ3n) is 6.03. The zero-order valence-corrected chi connectivity index (χ0v) is 8.83. The van der Waals surface area contributed by atoms with Crippen LogP contribution in [0.3, 0.4) is 0 Å². The molecule has 68 valence electrons. The predicted molar refractivity (Wildman–Crippen MR) is 50.3 cm³/mol. The largest absolute Gasteiger partial charge is 0.299 e. The second-order valence-electron chi connectivity index (χ2n) is 5.87. The fourth-order valence-electron chi connectivity index (χ4n) is 6.19. The zero-order valence-electron chi connectivity index (χ0n) is 7.24. The van der Waals surface area contributed by atoms with Gasteiger partial charge in [-0.1, -0.05) is 15.9 Å². The van der Waals surface area contributed by atoms with Crippen molar-refractivity contribution >= 4 is 21.7 Å². The Hall–Kier alpha value is 0.150. The van der Waals surface area contributed by atoms with E-state index in [9.17, 15) is 4.79 Å². The van der Waals surface area contributed by atoms with Gasteiger partial charge in [0.05, 0.1) is 0 Å². The first kappa shape index (κ1) is 6.60. The first-order valence-electron chi connectivity index (χ1n) is 5.46. The van der Waals surface area contributed by atoms with Crippen molar-refractivity contribution < 1.29 is 4.79 Å². The summed E-state index contributed by atoms with van der Waals surface area (Å²) in [6.07, 6.45) is 2.73. The van der Waals surface area contributed by atoms with Gasteiger partial charge in [-0.05, 0) is 42.4 Å². The number of carbonyl (C=O) groups is 1. The number of alkyl halides is 1. The lowest BCUT2D eigenvalue weighted by molar-refractivity contribution is -0.122. The smallest absolute Gasteiger partial charge is 0.141 e. The number of carbonyl (C=O) groups excluding carboxylic acids is 1. The molecule has 0 amide bonds. The highest BCUT2D eigenvalue weighted by Crippen LogP contribution is 2.84. The molecule has 6 aliphatic rings. The fraction of sp³-hybridized carbons (Fsp3) is 0.909. The summed E-state index contributed by atoms with van der Waals surface area (Å²) in [6, 6.07) is 0. The van der Waals surface area contributed by atoms with Crippen LogP contribution in [0.1, 0.15) is 12.8 Å². The molecule has 0 saturated heterocycles. The topological polar surface area (TPSA) is 17.1 Å². The molecular weight excluding hydrogens is 228 g/mol. The van der Waals surface area contributed by atoms with Crippen LogP contribution >= 0.6 is 15.9 Å². The van der Waals surface area contributed by atoms with Crippen molar-refractivity contribution in [1.82, 2.24) is 0 Å². The van der Waals surface area contributed by atoms with E-state index in [2.05, 4.69) is 15.9 Å². The molecule has 0 aliphatic heterocycles. The van der Waals surface area contributed by atoms with Gasteiger partial charge < -0.3 is 0 Å². The molecule has 0 radical (unpaired) electrons. The first-order chi connectivity index (χ1) is 6.23. The molecule has 13 heavy (non-hydrogen) atoms.